The van der Waals surface area contributed by atoms with E-state index in [1.165, 1.54) is 11.3 Å². The molecule has 0 fully saturated rings. The molecule has 2 aromatic rings. The lowest BCUT2D eigenvalue weighted by molar-refractivity contribution is -0.116. The van der Waals surface area contributed by atoms with Crippen LogP contribution in [0.25, 0.3) is 0 Å². The first kappa shape index (κ1) is 16.3. The molecule has 3 nitrogen and oxygen atoms in total. The third-order valence-corrected chi connectivity index (χ3v) is 4.09. The summed E-state index contributed by atoms with van der Waals surface area (Å²) < 4.78 is 26.2. The molecule has 2 rings (SSSR count). The van der Waals surface area contributed by atoms with E-state index in [1.807, 2.05) is 13.8 Å². The van der Waals surface area contributed by atoms with Crippen molar-refractivity contribution in [1.29, 1.82) is 0 Å². The fourth-order valence-electron chi connectivity index (χ4n) is 2.07. The first-order valence-corrected chi connectivity index (χ1v) is 7.53. The number of amides is 1. The minimum absolute atomic E-state index is 0.0473. The fraction of sp³-hybridized carbons (Fsp3) is 0.250. The van der Waals surface area contributed by atoms with Crippen LogP contribution in [0.3, 0.4) is 0 Å². The molecule has 0 aliphatic carbocycles. The number of carbonyl (C=O) groups is 2. The lowest BCUT2D eigenvalue weighted by Gasteiger charge is -2.06. The first-order chi connectivity index (χ1) is 10.4. The summed E-state index contributed by atoms with van der Waals surface area (Å²) in [5.74, 6) is -2.15. The number of Topliss-reactive ketones (excluding diaryl/α,β-unsaturated/α-hetero) is 1. The maximum Gasteiger partial charge on any atom is 0.224 e. The number of halogens is 2. The SMILES string of the molecule is Cc1cc(C(=O)CCC(=O)Nc2ccc(F)cc2F)c(C)s1. The fourth-order valence-corrected chi connectivity index (χ4v) is 3.02. The number of carbonyl (C=O) groups excluding carboxylic acids is 2. The van der Waals surface area contributed by atoms with Crippen LogP contribution in [0, 0.1) is 25.5 Å². The number of aryl methyl sites for hydroxylation is 2. The van der Waals surface area contributed by atoms with Gasteiger partial charge in [-0.15, -0.1) is 11.3 Å². The number of benzene rings is 1. The van der Waals surface area contributed by atoms with Crippen molar-refractivity contribution < 1.29 is 18.4 Å². The van der Waals surface area contributed by atoms with E-state index >= 15 is 0 Å². The van der Waals surface area contributed by atoms with Gasteiger partial charge in [-0.1, -0.05) is 0 Å². The molecule has 0 saturated heterocycles. The minimum Gasteiger partial charge on any atom is -0.324 e. The van der Waals surface area contributed by atoms with Crippen LogP contribution in [0.5, 0.6) is 0 Å². The highest BCUT2D eigenvalue weighted by Crippen LogP contribution is 2.22. The van der Waals surface area contributed by atoms with Crippen molar-refractivity contribution in [3.63, 3.8) is 0 Å². The molecule has 116 valence electrons. The van der Waals surface area contributed by atoms with E-state index in [-0.39, 0.29) is 24.3 Å². The van der Waals surface area contributed by atoms with Crippen LogP contribution < -0.4 is 5.32 Å². The van der Waals surface area contributed by atoms with Gasteiger partial charge >= 0.3 is 0 Å². The molecule has 1 aromatic carbocycles. The summed E-state index contributed by atoms with van der Waals surface area (Å²) in [6.07, 6.45) is -0.00432. The summed E-state index contributed by atoms with van der Waals surface area (Å²) in [6.45, 7) is 3.78. The quantitative estimate of drug-likeness (QED) is 0.836. The molecule has 1 N–H and O–H groups in total. The van der Waals surface area contributed by atoms with Gasteiger partial charge in [0.2, 0.25) is 5.91 Å². The minimum atomic E-state index is -0.844. The molecular formula is C16H15F2NO2S. The second-order valence-electron chi connectivity index (χ2n) is 4.92. The highest BCUT2D eigenvalue weighted by atomic mass is 32.1. The van der Waals surface area contributed by atoms with Gasteiger partial charge in [-0.05, 0) is 32.0 Å². The molecule has 0 atom stereocenters. The Morgan fingerprint density at radius 1 is 1.14 bits per heavy atom. The van der Waals surface area contributed by atoms with Crippen molar-refractivity contribution in [3.05, 3.63) is 51.2 Å². The van der Waals surface area contributed by atoms with Gasteiger partial charge in [0.1, 0.15) is 11.6 Å². The third-order valence-electron chi connectivity index (χ3n) is 3.13. The Hall–Kier alpha value is -2.08. The largest absolute Gasteiger partial charge is 0.324 e. The number of hydrogen-bond donors (Lipinski definition) is 1. The molecule has 0 bridgehead atoms. The Morgan fingerprint density at radius 3 is 2.45 bits per heavy atom. The van der Waals surface area contributed by atoms with E-state index in [2.05, 4.69) is 5.32 Å². The zero-order chi connectivity index (χ0) is 16.3. The van der Waals surface area contributed by atoms with Crippen LogP contribution >= 0.6 is 11.3 Å². The van der Waals surface area contributed by atoms with Gasteiger partial charge in [0.05, 0.1) is 5.69 Å². The van der Waals surface area contributed by atoms with Gasteiger partial charge in [0.25, 0.3) is 0 Å². The standard InChI is InChI=1S/C16H15F2NO2S/c1-9-7-12(10(2)22-9)15(20)5-6-16(21)19-14-4-3-11(17)8-13(14)18/h3-4,7-8H,5-6H2,1-2H3,(H,19,21). The Labute approximate surface area is 131 Å². The molecule has 0 spiro atoms. The molecule has 1 amide bonds. The predicted molar refractivity (Wildman–Crippen MR) is 82.3 cm³/mol. The average molecular weight is 323 g/mol. The highest BCUT2D eigenvalue weighted by molar-refractivity contribution is 7.12. The molecular weight excluding hydrogens is 308 g/mol. The summed E-state index contributed by atoms with van der Waals surface area (Å²) >= 11 is 1.53. The summed E-state index contributed by atoms with van der Waals surface area (Å²) in [4.78, 5) is 25.8. The molecule has 1 heterocycles. The molecule has 22 heavy (non-hydrogen) atoms. The number of nitrogens with one attached hydrogen (secondary N) is 1. The summed E-state index contributed by atoms with van der Waals surface area (Å²) in [5.41, 5.74) is 0.532. The molecule has 0 saturated carbocycles. The number of anilines is 1. The zero-order valence-electron chi connectivity index (χ0n) is 12.2. The van der Waals surface area contributed by atoms with E-state index < -0.39 is 17.5 Å². The lowest BCUT2D eigenvalue weighted by Crippen LogP contribution is -2.14. The maximum absolute atomic E-state index is 13.4. The van der Waals surface area contributed by atoms with Crippen LogP contribution in [0.15, 0.2) is 24.3 Å². The van der Waals surface area contributed by atoms with E-state index in [1.54, 1.807) is 6.07 Å². The molecule has 0 unspecified atom stereocenters. The van der Waals surface area contributed by atoms with E-state index in [0.717, 1.165) is 21.9 Å². The monoisotopic (exact) mass is 323 g/mol. The lowest BCUT2D eigenvalue weighted by atomic mass is 10.1. The Bertz CT molecular complexity index is 725. The van der Waals surface area contributed by atoms with Crippen LogP contribution in [0.4, 0.5) is 14.5 Å². The summed E-state index contributed by atoms with van der Waals surface area (Å²) in [5, 5.41) is 2.33. The second-order valence-corrected chi connectivity index (χ2v) is 6.38. The van der Waals surface area contributed by atoms with E-state index in [0.29, 0.717) is 11.6 Å². The average Bonchev–Trinajstić information content (AvgIpc) is 2.78. The maximum atomic E-state index is 13.4. The normalized spacial score (nSPS) is 10.5. The highest BCUT2D eigenvalue weighted by Gasteiger charge is 2.14. The number of hydrogen-bond acceptors (Lipinski definition) is 3. The van der Waals surface area contributed by atoms with Crippen LogP contribution in [0.2, 0.25) is 0 Å². The van der Waals surface area contributed by atoms with Gasteiger partial charge in [-0.25, -0.2) is 8.78 Å². The molecule has 0 aliphatic heterocycles. The van der Waals surface area contributed by atoms with Crippen molar-refractivity contribution in [3.8, 4) is 0 Å². The number of ketones is 1. The van der Waals surface area contributed by atoms with Crippen molar-refractivity contribution in [2.45, 2.75) is 26.7 Å². The van der Waals surface area contributed by atoms with Gasteiger partial charge in [-0.3, -0.25) is 9.59 Å². The predicted octanol–water partition coefficient (Wildman–Crippen LogP) is 4.24. The van der Waals surface area contributed by atoms with Gasteiger partial charge < -0.3 is 5.32 Å². The molecule has 6 heteroatoms. The van der Waals surface area contributed by atoms with Crippen LogP contribution in [-0.2, 0) is 4.79 Å². The Balaban J connectivity index is 1.92. The summed E-state index contributed by atoms with van der Waals surface area (Å²) in [7, 11) is 0. The van der Waals surface area contributed by atoms with Gasteiger partial charge in [0.15, 0.2) is 5.78 Å². The van der Waals surface area contributed by atoms with Crippen LogP contribution in [0.1, 0.15) is 33.0 Å². The van der Waals surface area contributed by atoms with Crippen molar-refractivity contribution >= 4 is 28.7 Å². The molecule has 0 aliphatic rings. The van der Waals surface area contributed by atoms with Crippen molar-refractivity contribution in [2.24, 2.45) is 0 Å². The van der Waals surface area contributed by atoms with E-state index in [4.69, 9.17) is 0 Å². The third kappa shape index (κ3) is 3.98. The number of thiophene rings is 1. The van der Waals surface area contributed by atoms with Gasteiger partial charge in [0, 0.05) is 34.2 Å². The Morgan fingerprint density at radius 2 is 1.86 bits per heavy atom. The topological polar surface area (TPSA) is 46.2 Å². The second kappa shape index (κ2) is 6.79. The number of rotatable bonds is 5. The van der Waals surface area contributed by atoms with Gasteiger partial charge in [-0.2, -0.15) is 0 Å². The van der Waals surface area contributed by atoms with Crippen molar-refractivity contribution in [2.75, 3.05) is 5.32 Å². The smallest absolute Gasteiger partial charge is 0.224 e. The molecule has 1 aromatic heterocycles. The van der Waals surface area contributed by atoms with Crippen molar-refractivity contribution in [1.82, 2.24) is 0 Å². The van der Waals surface area contributed by atoms with E-state index in [9.17, 15) is 18.4 Å². The zero-order valence-corrected chi connectivity index (χ0v) is 13.0. The molecule has 0 radical (unpaired) electrons. The first-order valence-electron chi connectivity index (χ1n) is 6.72. The summed E-state index contributed by atoms with van der Waals surface area (Å²) in [6, 6.07) is 4.70. The Kier molecular flexibility index (Phi) is 5.03. The van der Waals surface area contributed by atoms with Crippen LogP contribution in [-0.4, -0.2) is 11.7 Å².